The molecule has 6 nitrogen and oxygen atoms in total. The average Bonchev–Trinajstić information content (AvgIpc) is 3.16. The molecule has 0 heterocycles. The van der Waals surface area contributed by atoms with Crippen LogP contribution in [0.4, 0.5) is 0 Å². The maximum absolute atomic E-state index is 12.8. The standard InChI is InChI=1S/C49H56O6/c1-34(2)36-12-14-37(15-13-36)47(4,5)39-20-28-44(29-21-39)55-46(51)31-33-53-49(8,9)41-18-16-38(17-19-41)48(6,7)40-22-26-43(27-23-40)54-45(50)30-32-52-42-24-10-35(3)11-25-42/h10-29,34H,30-33H2,1-9H3. The zero-order valence-corrected chi connectivity index (χ0v) is 33.9. The summed E-state index contributed by atoms with van der Waals surface area (Å²) in [4.78, 5) is 25.2. The molecule has 0 spiro atoms. The number of hydrogen-bond acceptors (Lipinski definition) is 6. The van der Waals surface area contributed by atoms with Gasteiger partial charge in [-0.2, -0.15) is 0 Å². The van der Waals surface area contributed by atoms with E-state index in [0.717, 1.165) is 33.6 Å². The summed E-state index contributed by atoms with van der Waals surface area (Å²) in [7, 11) is 0. The van der Waals surface area contributed by atoms with Gasteiger partial charge in [0.2, 0.25) is 0 Å². The lowest BCUT2D eigenvalue weighted by Gasteiger charge is -2.29. The van der Waals surface area contributed by atoms with Gasteiger partial charge in [-0.05, 0) is 96.5 Å². The van der Waals surface area contributed by atoms with Crippen LogP contribution < -0.4 is 14.2 Å². The number of rotatable bonds is 16. The van der Waals surface area contributed by atoms with Crippen LogP contribution in [-0.4, -0.2) is 25.2 Å². The number of hydrogen-bond donors (Lipinski definition) is 0. The molecule has 0 saturated carbocycles. The van der Waals surface area contributed by atoms with Crippen molar-refractivity contribution in [1.29, 1.82) is 0 Å². The molecule has 0 unspecified atom stereocenters. The number of carbonyl (C=O) groups excluding carboxylic acids is 2. The second-order valence-electron chi connectivity index (χ2n) is 16.1. The maximum atomic E-state index is 12.8. The van der Waals surface area contributed by atoms with Crippen LogP contribution in [-0.2, 0) is 30.8 Å². The van der Waals surface area contributed by atoms with Gasteiger partial charge in [-0.15, -0.1) is 0 Å². The molecule has 5 rings (SSSR count). The molecule has 55 heavy (non-hydrogen) atoms. The van der Waals surface area contributed by atoms with Gasteiger partial charge < -0.3 is 18.9 Å². The van der Waals surface area contributed by atoms with Crippen molar-refractivity contribution in [3.8, 4) is 17.2 Å². The van der Waals surface area contributed by atoms with Gasteiger partial charge in [0, 0.05) is 10.8 Å². The van der Waals surface area contributed by atoms with E-state index in [1.165, 1.54) is 11.1 Å². The van der Waals surface area contributed by atoms with Gasteiger partial charge in [0.05, 0.1) is 31.7 Å². The summed E-state index contributed by atoms with van der Waals surface area (Å²) in [6.07, 6.45) is 0.288. The number of ether oxygens (including phenoxy) is 4. The van der Waals surface area contributed by atoms with Crippen LogP contribution in [0.2, 0.25) is 0 Å². The third-order valence-electron chi connectivity index (χ3n) is 10.6. The quantitative estimate of drug-likeness (QED) is 0.0741. The van der Waals surface area contributed by atoms with Gasteiger partial charge in [-0.1, -0.05) is 132 Å². The third kappa shape index (κ3) is 10.7. The van der Waals surface area contributed by atoms with Crippen LogP contribution in [0.1, 0.15) is 113 Å². The SMILES string of the molecule is Cc1ccc(OCCC(=O)Oc2ccc(C(C)(C)c3ccc(C(C)(C)OCCC(=O)Oc4ccc(C(C)(C)c5ccc(C(C)C)cc5)cc4)cc3)cc2)cc1. The Balaban J connectivity index is 1.08. The maximum Gasteiger partial charge on any atom is 0.314 e. The number of esters is 2. The lowest BCUT2D eigenvalue weighted by Crippen LogP contribution is -2.25. The first-order valence-corrected chi connectivity index (χ1v) is 19.2. The van der Waals surface area contributed by atoms with Crippen molar-refractivity contribution in [3.63, 3.8) is 0 Å². The van der Waals surface area contributed by atoms with Crippen LogP contribution >= 0.6 is 0 Å². The van der Waals surface area contributed by atoms with Gasteiger partial charge in [0.15, 0.2) is 0 Å². The van der Waals surface area contributed by atoms with Gasteiger partial charge >= 0.3 is 11.9 Å². The summed E-state index contributed by atoms with van der Waals surface area (Å²) in [6, 6.07) is 40.3. The molecular formula is C49H56O6. The van der Waals surface area contributed by atoms with E-state index in [0.29, 0.717) is 17.4 Å². The van der Waals surface area contributed by atoms with Crippen molar-refractivity contribution in [2.45, 2.75) is 97.5 Å². The highest BCUT2D eigenvalue weighted by atomic mass is 16.5. The molecule has 0 amide bonds. The van der Waals surface area contributed by atoms with E-state index < -0.39 is 5.60 Å². The Bertz CT molecular complexity index is 2000. The molecule has 5 aromatic carbocycles. The molecule has 6 heteroatoms. The first-order valence-electron chi connectivity index (χ1n) is 19.2. The van der Waals surface area contributed by atoms with Crippen LogP contribution in [0.5, 0.6) is 17.2 Å². The molecule has 5 aromatic rings. The highest BCUT2D eigenvalue weighted by molar-refractivity contribution is 5.73. The van der Waals surface area contributed by atoms with Crippen LogP contribution in [0.25, 0.3) is 0 Å². The first-order chi connectivity index (χ1) is 26.0. The van der Waals surface area contributed by atoms with Crippen LogP contribution in [0.3, 0.4) is 0 Å². The van der Waals surface area contributed by atoms with E-state index in [1.54, 1.807) is 0 Å². The Hall–Kier alpha value is -5.20. The minimum atomic E-state index is -0.611. The van der Waals surface area contributed by atoms with Crippen molar-refractivity contribution in [1.82, 2.24) is 0 Å². The molecule has 0 N–H and O–H groups in total. The second-order valence-corrected chi connectivity index (χ2v) is 16.1. The van der Waals surface area contributed by atoms with Crippen LogP contribution in [0.15, 0.2) is 121 Å². The minimum absolute atomic E-state index is 0.135. The predicted octanol–water partition coefficient (Wildman–Crippen LogP) is 11.4. The molecule has 0 aliphatic rings. The molecule has 0 aliphatic heterocycles. The van der Waals surface area contributed by atoms with Gasteiger partial charge in [0.1, 0.15) is 17.2 Å². The van der Waals surface area contributed by atoms with E-state index in [1.807, 2.05) is 93.6 Å². The van der Waals surface area contributed by atoms with Crippen molar-refractivity contribution < 1.29 is 28.5 Å². The fourth-order valence-corrected chi connectivity index (χ4v) is 6.51. The topological polar surface area (TPSA) is 71.1 Å². The van der Waals surface area contributed by atoms with E-state index in [-0.39, 0.29) is 48.8 Å². The summed E-state index contributed by atoms with van der Waals surface area (Å²) in [5.74, 6) is 1.57. The molecule has 0 saturated heterocycles. The molecule has 0 atom stereocenters. The number of aryl methyl sites for hydroxylation is 1. The second kappa shape index (κ2) is 17.5. The lowest BCUT2D eigenvalue weighted by molar-refractivity contribution is -0.137. The first kappa shape index (κ1) is 41.0. The highest BCUT2D eigenvalue weighted by Crippen LogP contribution is 2.35. The molecule has 0 radical (unpaired) electrons. The van der Waals surface area contributed by atoms with E-state index >= 15 is 0 Å². The van der Waals surface area contributed by atoms with Gasteiger partial charge in [-0.25, -0.2) is 0 Å². The largest absolute Gasteiger partial charge is 0.493 e. The summed E-state index contributed by atoms with van der Waals surface area (Å²) in [5, 5.41) is 0. The number of carbonyl (C=O) groups is 2. The summed E-state index contributed by atoms with van der Waals surface area (Å²) < 4.78 is 23.1. The zero-order chi connectivity index (χ0) is 39.8. The van der Waals surface area contributed by atoms with E-state index in [2.05, 4.69) is 90.1 Å². The Morgan fingerprint density at radius 3 is 1.29 bits per heavy atom. The fraction of sp³-hybridized carbons (Fsp3) is 0.347. The smallest absolute Gasteiger partial charge is 0.314 e. The molecule has 0 aliphatic carbocycles. The Morgan fingerprint density at radius 1 is 0.491 bits per heavy atom. The van der Waals surface area contributed by atoms with Crippen LogP contribution in [0, 0.1) is 6.92 Å². The van der Waals surface area contributed by atoms with E-state index in [4.69, 9.17) is 18.9 Å². The Morgan fingerprint density at radius 2 is 0.855 bits per heavy atom. The molecule has 0 bridgehead atoms. The lowest BCUT2D eigenvalue weighted by atomic mass is 9.77. The minimum Gasteiger partial charge on any atom is -0.493 e. The predicted molar refractivity (Wildman–Crippen MR) is 220 cm³/mol. The molecular weight excluding hydrogens is 685 g/mol. The van der Waals surface area contributed by atoms with Crippen molar-refractivity contribution >= 4 is 11.9 Å². The Kier molecular flexibility index (Phi) is 13.0. The summed E-state index contributed by atoms with van der Waals surface area (Å²) in [6.45, 7) is 19.7. The Labute approximate surface area is 327 Å². The number of benzene rings is 5. The highest BCUT2D eigenvalue weighted by Gasteiger charge is 2.27. The monoisotopic (exact) mass is 740 g/mol. The van der Waals surface area contributed by atoms with Crippen molar-refractivity contribution in [2.24, 2.45) is 0 Å². The summed E-state index contributed by atoms with van der Waals surface area (Å²) in [5.41, 5.74) is 6.99. The van der Waals surface area contributed by atoms with E-state index in [9.17, 15) is 9.59 Å². The molecule has 0 aromatic heterocycles. The zero-order valence-electron chi connectivity index (χ0n) is 33.9. The molecule has 288 valence electrons. The van der Waals surface area contributed by atoms with Gasteiger partial charge in [0.25, 0.3) is 0 Å². The molecule has 0 fully saturated rings. The van der Waals surface area contributed by atoms with Crippen molar-refractivity contribution in [3.05, 3.63) is 160 Å². The third-order valence-corrected chi connectivity index (χ3v) is 10.6. The fourth-order valence-electron chi connectivity index (χ4n) is 6.51. The normalized spacial score (nSPS) is 12.0. The van der Waals surface area contributed by atoms with Crippen molar-refractivity contribution in [2.75, 3.05) is 13.2 Å². The average molecular weight is 741 g/mol. The van der Waals surface area contributed by atoms with Gasteiger partial charge in [-0.3, -0.25) is 9.59 Å². The summed E-state index contributed by atoms with van der Waals surface area (Å²) >= 11 is 0.